The molecule has 2 rings (SSSR count). The van der Waals surface area contributed by atoms with Gasteiger partial charge in [-0.3, -0.25) is 9.69 Å². The number of rotatable bonds is 4. The van der Waals surface area contributed by atoms with Gasteiger partial charge in [-0.2, -0.15) is 0 Å². The summed E-state index contributed by atoms with van der Waals surface area (Å²) in [6.45, 7) is 4.34. The van der Waals surface area contributed by atoms with Crippen LogP contribution in [0, 0.1) is 0 Å². The lowest BCUT2D eigenvalue weighted by Crippen LogP contribution is -2.47. The van der Waals surface area contributed by atoms with E-state index < -0.39 is 0 Å². The third-order valence-corrected chi connectivity index (χ3v) is 3.96. The number of hydrogen-bond acceptors (Lipinski definition) is 6. The number of anilines is 2. The van der Waals surface area contributed by atoms with Crippen LogP contribution in [0.5, 0.6) is 0 Å². The Balaban J connectivity index is 1.86. The number of ether oxygens (including phenoxy) is 1. The Morgan fingerprint density at radius 3 is 2.75 bits per heavy atom. The van der Waals surface area contributed by atoms with Crippen LogP contribution in [0.2, 0.25) is 0 Å². The molecule has 1 fully saturated rings. The first-order chi connectivity index (χ1) is 9.60. The molecule has 0 unspecified atom stereocenters. The number of esters is 1. The zero-order valence-electron chi connectivity index (χ0n) is 11.5. The van der Waals surface area contributed by atoms with Crippen molar-refractivity contribution in [2.24, 2.45) is 0 Å². The molecule has 110 valence electrons. The maximum Gasteiger partial charge on any atom is 0.306 e. The molecule has 1 saturated heterocycles. The highest BCUT2D eigenvalue weighted by Gasteiger charge is 2.20. The van der Waals surface area contributed by atoms with Gasteiger partial charge in [0.15, 0.2) is 0 Å². The van der Waals surface area contributed by atoms with E-state index in [4.69, 9.17) is 5.73 Å². The minimum atomic E-state index is -0.157. The minimum Gasteiger partial charge on any atom is -0.469 e. The van der Waals surface area contributed by atoms with Gasteiger partial charge in [-0.15, -0.1) is 0 Å². The zero-order valence-corrected chi connectivity index (χ0v) is 13.1. The van der Waals surface area contributed by atoms with Crippen LogP contribution in [0.3, 0.4) is 0 Å². The van der Waals surface area contributed by atoms with Gasteiger partial charge in [0.05, 0.1) is 29.9 Å². The Morgan fingerprint density at radius 1 is 1.45 bits per heavy atom. The summed E-state index contributed by atoms with van der Waals surface area (Å²) < 4.78 is 5.57. The molecule has 20 heavy (non-hydrogen) atoms. The Labute approximate surface area is 127 Å². The summed E-state index contributed by atoms with van der Waals surface area (Å²) in [6.07, 6.45) is 2.12. The molecule has 0 saturated carbocycles. The molecular formula is C13H19BrN4O2. The molecule has 1 aliphatic rings. The van der Waals surface area contributed by atoms with Crippen molar-refractivity contribution in [2.45, 2.75) is 6.42 Å². The molecular weight excluding hydrogens is 324 g/mol. The van der Waals surface area contributed by atoms with Crippen molar-refractivity contribution in [2.75, 3.05) is 50.5 Å². The molecule has 7 heteroatoms. The summed E-state index contributed by atoms with van der Waals surface area (Å²) >= 11 is 3.50. The fraction of sp³-hybridized carbons (Fsp3) is 0.538. The van der Waals surface area contributed by atoms with E-state index in [0.717, 1.165) is 43.0 Å². The summed E-state index contributed by atoms with van der Waals surface area (Å²) in [5, 5.41) is 0. The number of nitrogen functional groups attached to an aromatic ring is 1. The molecule has 0 radical (unpaired) electrons. The van der Waals surface area contributed by atoms with Gasteiger partial charge in [0, 0.05) is 32.7 Å². The van der Waals surface area contributed by atoms with E-state index in [0.29, 0.717) is 12.1 Å². The highest BCUT2D eigenvalue weighted by atomic mass is 79.9. The van der Waals surface area contributed by atoms with E-state index in [2.05, 4.69) is 35.5 Å². The van der Waals surface area contributed by atoms with Crippen LogP contribution in [0.15, 0.2) is 16.7 Å². The molecule has 1 aromatic rings. The second-order valence-electron chi connectivity index (χ2n) is 4.73. The number of aromatic nitrogens is 1. The fourth-order valence-corrected chi connectivity index (χ4v) is 2.83. The van der Waals surface area contributed by atoms with Gasteiger partial charge in [-0.05, 0) is 22.0 Å². The number of carbonyl (C=O) groups is 1. The zero-order chi connectivity index (χ0) is 14.5. The van der Waals surface area contributed by atoms with E-state index >= 15 is 0 Å². The number of hydrogen-bond donors (Lipinski definition) is 1. The third-order valence-electron chi connectivity index (χ3n) is 3.37. The summed E-state index contributed by atoms with van der Waals surface area (Å²) in [5.74, 6) is 0.766. The van der Waals surface area contributed by atoms with Gasteiger partial charge < -0.3 is 15.4 Å². The quantitative estimate of drug-likeness (QED) is 0.826. The molecule has 1 aliphatic heterocycles. The van der Waals surface area contributed by atoms with Crippen LogP contribution in [0.25, 0.3) is 0 Å². The molecule has 2 heterocycles. The van der Waals surface area contributed by atoms with E-state index in [9.17, 15) is 4.79 Å². The summed E-state index contributed by atoms with van der Waals surface area (Å²) in [6, 6.07) is 1.87. The number of piperazine rings is 1. The molecule has 1 aromatic heterocycles. The van der Waals surface area contributed by atoms with Crippen LogP contribution in [-0.4, -0.2) is 55.7 Å². The summed E-state index contributed by atoms with van der Waals surface area (Å²) in [4.78, 5) is 20.0. The normalized spacial score (nSPS) is 16.2. The second-order valence-corrected chi connectivity index (χ2v) is 5.58. The molecule has 0 bridgehead atoms. The molecule has 0 amide bonds. The highest BCUT2D eigenvalue weighted by Crippen LogP contribution is 2.26. The Morgan fingerprint density at radius 2 is 2.15 bits per heavy atom. The first-order valence-electron chi connectivity index (χ1n) is 6.55. The van der Waals surface area contributed by atoms with Crippen molar-refractivity contribution in [3.8, 4) is 0 Å². The fourth-order valence-electron chi connectivity index (χ4n) is 2.21. The predicted molar refractivity (Wildman–Crippen MR) is 81.6 cm³/mol. The Bertz CT molecular complexity index is 475. The van der Waals surface area contributed by atoms with Gasteiger partial charge in [-0.1, -0.05) is 0 Å². The largest absolute Gasteiger partial charge is 0.469 e. The maximum absolute atomic E-state index is 11.1. The van der Waals surface area contributed by atoms with Crippen LogP contribution in [0.4, 0.5) is 11.5 Å². The molecule has 0 atom stereocenters. The van der Waals surface area contributed by atoms with Gasteiger partial charge in [-0.25, -0.2) is 4.98 Å². The lowest BCUT2D eigenvalue weighted by Gasteiger charge is -2.35. The van der Waals surface area contributed by atoms with E-state index in [-0.39, 0.29) is 5.97 Å². The van der Waals surface area contributed by atoms with Crippen LogP contribution >= 0.6 is 15.9 Å². The van der Waals surface area contributed by atoms with Gasteiger partial charge in [0.1, 0.15) is 5.82 Å². The molecule has 2 N–H and O–H groups in total. The first-order valence-corrected chi connectivity index (χ1v) is 7.34. The van der Waals surface area contributed by atoms with Crippen LogP contribution in [0.1, 0.15) is 6.42 Å². The Hall–Kier alpha value is -1.34. The lowest BCUT2D eigenvalue weighted by molar-refractivity contribution is -0.141. The van der Waals surface area contributed by atoms with Crippen molar-refractivity contribution in [3.05, 3.63) is 16.7 Å². The van der Waals surface area contributed by atoms with Crippen molar-refractivity contribution >= 4 is 33.4 Å². The van der Waals surface area contributed by atoms with Crippen molar-refractivity contribution < 1.29 is 9.53 Å². The number of carbonyl (C=O) groups excluding carboxylic acids is 1. The average molecular weight is 343 g/mol. The first kappa shape index (κ1) is 15.1. The lowest BCUT2D eigenvalue weighted by atomic mass is 10.2. The van der Waals surface area contributed by atoms with Gasteiger partial charge in [0.2, 0.25) is 0 Å². The summed E-state index contributed by atoms with van der Waals surface area (Å²) in [5.41, 5.74) is 6.35. The summed E-state index contributed by atoms with van der Waals surface area (Å²) in [7, 11) is 1.42. The molecule has 0 aromatic carbocycles. The maximum atomic E-state index is 11.1. The topological polar surface area (TPSA) is 71.7 Å². The van der Waals surface area contributed by atoms with E-state index in [1.165, 1.54) is 7.11 Å². The average Bonchev–Trinajstić information content (AvgIpc) is 2.45. The van der Waals surface area contributed by atoms with Crippen LogP contribution < -0.4 is 10.6 Å². The molecule has 0 spiro atoms. The highest BCUT2D eigenvalue weighted by molar-refractivity contribution is 9.10. The van der Waals surface area contributed by atoms with Crippen molar-refractivity contribution in [3.63, 3.8) is 0 Å². The van der Waals surface area contributed by atoms with Crippen LogP contribution in [-0.2, 0) is 9.53 Å². The van der Waals surface area contributed by atoms with Gasteiger partial charge >= 0.3 is 5.97 Å². The second kappa shape index (κ2) is 6.90. The third kappa shape index (κ3) is 3.83. The van der Waals surface area contributed by atoms with Crippen molar-refractivity contribution in [1.82, 2.24) is 9.88 Å². The standard InChI is InChI=1S/C13H19BrN4O2/c1-20-12(19)2-3-17-4-6-18(7-5-17)13-11(14)8-10(15)9-16-13/h8-9H,2-7,15H2,1H3. The number of nitrogens with two attached hydrogens (primary N) is 1. The number of methoxy groups -OCH3 is 1. The van der Waals surface area contributed by atoms with E-state index in [1.54, 1.807) is 6.20 Å². The minimum absolute atomic E-state index is 0.157. The smallest absolute Gasteiger partial charge is 0.306 e. The monoisotopic (exact) mass is 342 g/mol. The molecule has 0 aliphatic carbocycles. The number of nitrogens with zero attached hydrogens (tertiary/aromatic N) is 3. The number of halogens is 1. The predicted octanol–water partition coefficient (Wildman–Crippen LogP) is 1.11. The number of pyridine rings is 1. The van der Waals surface area contributed by atoms with E-state index in [1.807, 2.05) is 6.07 Å². The SMILES string of the molecule is COC(=O)CCN1CCN(c2ncc(N)cc2Br)CC1. The van der Waals surface area contributed by atoms with Gasteiger partial charge in [0.25, 0.3) is 0 Å². The van der Waals surface area contributed by atoms with Crippen molar-refractivity contribution in [1.29, 1.82) is 0 Å². The molecule has 6 nitrogen and oxygen atoms in total. The Kier molecular flexibility index (Phi) is 5.19.